The average molecular weight is 495 g/mol. The number of benzene rings is 2. The van der Waals surface area contributed by atoms with Crippen molar-refractivity contribution in [3.8, 4) is 17.2 Å². The van der Waals surface area contributed by atoms with E-state index in [1.54, 1.807) is 30.2 Å². The molecule has 2 heterocycles. The number of nitrogens with two attached hydrogens (primary N) is 1. The molecule has 2 aliphatic rings. The largest absolute Gasteiger partial charge is 0.493 e. The molecule has 3 N–H and O–H groups in total. The first kappa shape index (κ1) is 23.8. The fourth-order valence-electron chi connectivity index (χ4n) is 4.78. The van der Waals surface area contributed by atoms with E-state index in [-0.39, 0.29) is 31.2 Å². The number of primary amides is 1. The van der Waals surface area contributed by atoms with Gasteiger partial charge >= 0.3 is 6.03 Å². The predicted octanol–water partition coefficient (Wildman–Crippen LogP) is 3.33. The number of nitrogens with one attached hydrogen (secondary N) is 1. The molecule has 0 spiro atoms. The Morgan fingerprint density at radius 2 is 2.03 bits per heavy atom. The van der Waals surface area contributed by atoms with E-state index in [2.05, 4.69) is 10.3 Å². The van der Waals surface area contributed by atoms with Crippen LogP contribution in [0.15, 0.2) is 40.8 Å². The van der Waals surface area contributed by atoms with Gasteiger partial charge in [0.15, 0.2) is 29.4 Å². The highest BCUT2D eigenvalue weighted by Crippen LogP contribution is 2.35. The highest BCUT2D eigenvalue weighted by Gasteiger charge is 2.29. The van der Waals surface area contributed by atoms with Crippen molar-refractivity contribution < 1.29 is 28.2 Å². The van der Waals surface area contributed by atoms with Gasteiger partial charge in [-0.3, -0.25) is 4.79 Å². The second-order valence-electron chi connectivity index (χ2n) is 9.17. The summed E-state index contributed by atoms with van der Waals surface area (Å²) in [5.74, 6) is 1.67. The number of ether oxygens (including phenoxy) is 3. The van der Waals surface area contributed by atoms with Gasteiger partial charge in [0.05, 0.1) is 19.8 Å². The molecule has 190 valence electrons. The lowest BCUT2D eigenvalue weighted by Gasteiger charge is -2.33. The first-order chi connectivity index (χ1) is 17.5. The Kier molecular flexibility index (Phi) is 6.84. The van der Waals surface area contributed by atoms with Crippen LogP contribution < -0.4 is 25.3 Å². The number of methoxy groups -OCH3 is 1. The summed E-state index contributed by atoms with van der Waals surface area (Å²) < 4.78 is 23.1. The van der Waals surface area contributed by atoms with Gasteiger partial charge in [-0.1, -0.05) is 12.1 Å². The molecule has 0 radical (unpaired) electrons. The molecule has 1 aliphatic carbocycles. The molecule has 1 saturated heterocycles. The summed E-state index contributed by atoms with van der Waals surface area (Å²) in [5.41, 5.74) is 7.23. The third-order valence-corrected chi connectivity index (χ3v) is 6.60. The van der Waals surface area contributed by atoms with Gasteiger partial charge in [0, 0.05) is 19.0 Å². The smallest absolute Gasteiger partial charge is 0.317 e. The molecular weight excluding hydrogens is 464 g/mol. The average Bonchev–Trinajstić information content (AvgIpc) is 3.53. The lowest BCUT2D eigenvalue weighted by atomic mass is 9.96. The Morgan fingerprint density at radius 3 is 2.81 bits per heavy atom. The number of fused-ring (bicyclic) bond motifs is 1. The topological polar surface area (TPSA) is 129 Å². The highest BCUT2D eigenvalue weighted by atomic mass is 16.5. The Bertz CT molecular complexity index is 1250. The molecule has 2 fully saturated rings. The summed E-state index contributed by atoms with van der Waals surface area (Å²) in [6, 6.07) is 11.0. The van der Waals surface area contributed by atoms with Crippen molar-refractivity contribution in [2.45, 2.75) is 44.2 Å². The van der Waals surface area contributed by atoms with Gasteiger partial charge in [0.25, 0.3) is 5.91 Å². The summed E-state index contributed by atoms with van der Waals surface area (Å²) >= 11 is 0. The van der Waals surface area contributed by atoms with E-state index in [9.17, 15) is 9.59 Å². The second kappa shape index (κ2) is 10.3. The molecule has 1 saturated carbocycles. The molecule has 10 heteroatoms. The molecule has 5 rings (SSSR count). The van der Waals surface area contributed by atoms with Crippen LogP contribution in [-0.4, -0.2) is 54.7 Å². The number of hydrogen-bond donors (Lipinski definition) is 2. The maximum Gasteiger partial charge on any atom is 0.317 e. The molecule has 36 heavy (non-hydrogen) atoms. The number of hydrogen-bond acceptors (Lipinski definition) is 7. The van der Waals surface area contributed by atoms with E-state index in [0.717, 1.165) is 24.2 Å². The van der Waals surface area contributed by atoms with Gasteiger partial charge < -0.3 is 34.6 Å². The molecule has 1 aromatic heterocycles. The molecule has 3 aromatic rings. The quantitative estimate of drug-likeness (QED) is 0.467. The van der Waals surface area contributed by atoms with E-state index in [0.29, 0.717) is 41.6 Å². The zero-order chi connectivity index (χ0) is 25.1. The molecule has 3 amide bonds. The molecule has 10 nitrogen and oxygen atoms in total. The van der Waals surface area contributed by atoms with Crippen molar-refractivity contribution in [3.05, 3.63) is 47.9 Å². The monoisotopic (exact) mass is 494 g/mol. The van der Waals surface area contributed by atoms with Crippen LogP contribution in [0.5, 0.6) is 17.2 Å². The second-order valence-corrected chi connectivity index (χ2v) is 9.17. The Labute approximate surface area is 208 Å². The van der Waals surface area contributed by atoms with E-state index < -0.39 is 5.91 Å². The molecule has 0 bridgehead atoms. The van der Waals surface area contributed by atoms with E-state index in [1.807, 2.05) is 18.2 Å². The summed E-state index contributed by atoms with van der Waals surface area (Å²) in [4.78, 5) is 29.9. The van der Waals surface area contributed by atoms with Crippen LogP contribution in [0.2, 0.25) is 0 Å². The van der Waals surface area contributed by atoms with E-state index >= 15 is 0 Å². The van der Waals surface area contributed by atoms with Gasteiger partial charge in [0.2, 0.25) is 5.89 Å². The Balaban J connectivity index is 1.32. The number of urea groups is 1. The zero-order valence-electron chi connectivity index (χ0n) is 20.2. The van der Waals surface area contributed by atoms with Crippen LogP contribution in [-0.2, 0) is 11.3 Å². The molecule has 1 unspecified atom stereocenters. The standard InChI is InChI=1S/C26H30N4O6/c1-33-20-10-9-16(11-22(20)35-18-5-2-3-6-18)17-12-28-26(32)30(13-17)14-24-29-19-7-4-8-21(25(19)36-24)34-15-23(27)31/h4,7-11,17-18H,2-3,5-6,12-15H2,1H3,(H2,27,31)(H,28,32). The predicted molar refractivity (Wildman–Crippen MR) is 131 cm³/mol. The fourth-order valence-corrected chi connectivity index (χ4v) is 4.78. The van der Waals surface area contributed by atoms with Gasteiger partial charge in [-0.05, 0) is 55.5 Å². The minimum Gasteiger partial charge on any atom is -0.493 e. The van der Waals surface area contributed by atoms with Gasteiger partial charge in [-0.15, -0.1) is 0 Å². The van der Waals surface area contributed by atoms with Crippen LogP contribution in [0, 0.1) is 0 Å². The van der Waals surface area contributed by atoms with Crippen molar-refractivity contribution >= 4 is 23.0 Å². The number of carbonyl (C=O) groups excluding carboxylic acids is 2. The molecular formula is C26H30N4O6. The van der Waals surface area contributed by atoms with Crippen LogP contribution in [0.4, 0.5) is 4.79 Å². The van der Waals surface area contributed by atoms with Gasteiger partial charge in [-0.2, -0.15) is 0 Å². The Morgan fingerprint density at radius 1 is 1.19 bits per heavy atom. The normalized spacial score (nSPS) is 18.3. The van der Waals surface area contributed by atoms with Crippen LogP contribution in [0.1, 0.15) is 43.1 Å². The van der Waals surface area contributed by atoms with E-state index in [1.165, 1.54) is 12.8 Å². The summed E-state index contributed by atoms with van der Waals surface area (Å²) in [6.45, 7) is 0.932. The van der Waals surface area contributed by atoms with Crippen molar-refractivity contribution in [1.29, 1.82) is 0 Å². The van der Waals surface area contributed by atoms with Crippen molar-refractivity contribution in [2.24, 2.45) is 5.73 Å². The molecule has 2 aromatic carbocycles. The van der Waals surface area contributed by atoms with Crippen LogP contribution >= 0.6 is 0 Å². The molecule has 1 aliphatic heterocycles. The highest BCUT2D eigenvalue weighted by molar-refractivity contribution is 5.81. The first-order valence-electron chi connectivity index (χ1n) is 12.2. The summed E-state index contributed by atoms with van der Waals surface area (Å²) in [5, 5.41) is 2.97. The summed E-state index contributed by atoms with van der Waals surface area (Å²) in [6.07, 6.45) is 4.70. The maximum atomic E-state index is 12.7. The first-order valence-corrected chi connectivity index (χ1v) is 12.2. The minimum absolute atomic E-state index is 0.0540. The van der Waals surface area contributed by atoms with Gasteiger partial charge in [-0.25, -0.2) is 9.78 Å². The lowest BCUT2D eigenvalue weighted by molar-refractivity contribution is -0.119. The van der Waals surface area contributed by atoms with Crippen molar-refractivity contribution in [2.75, 3.05) is 26.8 Å². The van der Waals surface area contributed by atoms with Crippen LogP contribution in [0.25, 0.3) is 11.1 Å². The Hall–Kier alpha value is -3.95. The third kappa shape index (κ3) is 5.17. The number of oxazole rings is 1. The number of aromatic nitrogens is 1. The number of carbonyl (C=O) groups is 2. The van der Waals surface area contributed by atoms with Crippen LogP contribution in [0.3, 0.4) is 0 Å². The van der Waals surface area contributed by atoms with Gasteiger partial charge in [0.1, 0.15) is 5.52 Å². The van der Waals surface area contributed by atoms with Crippen molar-refractivity contribution in [1.82, 2.24) is 15.2 Å². The number of amides is 3. The van der Waals surface area contributed by atoms with E-state index in [4.69, 9.17) is 24.4 Å². The number of para-hydroxylation sites is 1. The minimum atomic E-state index is -0.585. The fraction of sp³-hybridized carbons (Fsp3) is 0.423. The number of nitrogens with zero attached hydrogens (tertiary/aromatic N) is 2. The SMILES string of the molecule is COc1ccc(C2CNC(=O)N(Cc3nc4cccc(OCC(N)=O)c4o3)C2)cc1OC1CCCC1. The zero-order valence-corrected chi connectivity index (χ0v) is 20.2. The lowest BCUT2D eigenvalue weighted by Crippen LogP contribution is -2.49. The maximum absolute atomic E-state index is 12.7. The van der Waals surface area contributed by atoms with Crippen molar-refractivity contribution in [3.63, 3.8) is 0 Å². The summed E-state index contributed by atoms with van der Waals surface area (Å²) in [7, 11) is 1.64. The number of rotatable bonds is 9. The molecule has 1 atom stereocenters. The third-order valence-electron chi connectivity index (χ3n) is 6.60.